The number of hydrogen-bond acceptors (Lipinski definition) is 4. The molecule has 0 saturated carbocycles. The summed E-state index contributed by atoms with van der Waals surface area (Å²) in [6.45, 7) is 0. The molecule has 0 amide bonds. The zero-order chi connectivity index (χ0) is 11.4. The number of carbonyl (C=O) groups is 1. The Hall–Kier alpha value is -2.23. The van der Waals surface area contributed by atoms with Crippen LogP contribution in [-0.2, 0) is 4.74 Å². The molecule has 0 spiro atoms. The minimum absolute atomic E-state index is 0.356. The van der Waals surface area contributed by atoms with Crippen LogP contribution >= 0.6 is 0 Å². The smallest absolute Gasteiger partial charge is 0.337 e. The summed E-state index contributed by atoms with van der Waals surface area (Å²) >= 11 is 0. The van der Waals surface area contributed by atoms with Crippen LogP contribution in [0.3, 0.4) is 0 Å². The van der Waals surface area contributed by atoms with E-state index in [9.17, 15) is 4.79 Å². The number of ether oxygens (including phenoxy) is 1. The van der Waals surface area contributed by atoms with Crippen LogP contribution in [0, 0.1) is 0 Å². The molecule has 0 unspecified atom stereocenters. The molecule has 1 aromatic carbocycles. The number of hydrogen-bond donors (Lipinski definition) is 0. The Morgan fingerprint density at radius 3 is 2.81 bits per heavy atom. The van der Waals surface area contributed by atoms with Gasteiger partial charge in [-0.2, -0.15) is 10.2 Å². The van der Waals surface area contributed by atoms with Gasteiger partial charge >= 0.3 is 5.97 Å². The Morgan fingerprint density at radius 1 is 1.25 bits per heavy atom. The molecule has 1 aromatic heterocycles. The second-order valence-electron chi connectivity index (χ2n) is 3.18. The minimum Gasteiger partial charge on any atom is -0.465 e. The van der Waals surface area contributed by atoms with Gasteiger partial charge in [0.15, 0.2) is 0 Å². The number of nitrogens with zero attached hydrogens (tertiary/aromatic N) is 2. The largest absolute Gasteiger partial charge is 0.465 e. The summed E-state index contributed by atoms with van der Waals surface area (Å²) in [6.07, 6.45) is 1.60. The second kappa shape index (κ2) is 4.53. The lowest BCUT2D eigenvalue weighted by Crippen LogP contribution is -2.01. The third-order valence-corrected chi connectivity index (χ3v) is 2.15. The fourth-order valence-corrected chi connectivity index (χ4v) is 1.38. The lowest BCUT2D eigenvalue weighted by Gasteiger charge is -2.02. The molecular weight excluding hydrogens is 204 g/mol. The molecule has 0 aliphatic carbocycles. The molecule has 1 heterocycles. The maximum absolute atomic E-state index is 11.3. The number of esters is 1. The van der Waals surface area contributed by atoms with Crippen LogP contribution in [0.5, 0.6) is 0 Å². The van der Waals surface area contributed by atoms with E-state index in [0.717, 1.165) is 11.3 Å². The van der Waals surface area contributed by atoms with Gasteiger partial charge in [0.05, 0.1) is 18.4 Å². The van der Waals surface area contributed by atoms with Crippen molar-refractivity contribution in [1.29, 1.82) is 0 Å². The summed E-state index contributed by atoms with van der Waals surface area (Å²) in [6, 6.07) is 10.7. The fraction of sp³-hybridized carbons (Fsp3) is 0.0833. The Morgan fingerprint density at radius 2 is 2.12 bits per heavy atom. The molecule has 0 fully saturated rings. The molecule has 2 aromatic rings. The van der Waals surface area contributed by atoms with Gasteiger partial charge in [-0.05, 0) is 24.3 Å². The third-order valence-electron chi connectivity index (χ3n) is 2.15. The molecule has 0 aliphatic heterocycles. The standard InChI is InChI=1S/C12H10N2O2/c1-16-12(15)10-5-2-4-9(8-10)11-6-3-7-13-14-11/h2-8H,1H3. The molecule has 0 atom stereocenters. The highest BCUT2D eigenvalue weighted by Crippen LogP contribution is 2.17. The van der Waals surface area contributed by atoms with E-state index < -0.39 is 0 Å². The SMILES string of the molecule is COC(=O)c1cccc(-c2cccnn2)c1. The van der Waals surface area contributed by atoms with Crippen LogP contribution in [0.25, 0.3) is 11.3 Å². The third kappa shape index (κ3) is 2.06. The van der Waals surface area contributed by atoms with Crippen molar-refractivity contribution < 1.29 is 9.53 Å². The van der Waals surface area contributed by atoms with Crippen molar-refractivity contribution in [2.24, 2.45) is 0 Å². The van der Waals surface area contributed by atoms with Crippen molar-refractivity contribution in [1.82, 2.24) is 10.2 Å². The van der Waals surface area contributed by atoms with E-state index in [1.54, 1.807) is 30.5 Å². The predicted molar refractivity (Wildman–Crippen MR) is 58.8 cm³/mol. The first-order chi connectivity index (χ1) is 7.81. The highest BCUT2D eigenvalue weighted by atomic mass is 16.5. The van der Waals surface area contributed by atoms with Crippen molar-refractivity contribution in [3.8, 4) is 11.3 Å². The Bertz CT molecular complexity index is 497. The second-order valence-corrected chi connectivity index (χ2v) is 3.18. The van der Waals surface area contributed by atoms with Crippen LogP contribution < -0.4 is 0 Å². The van der Waals surface area contributed by atoms with Crippen molar-refractivity contribution in [3.05, 3.63) is 48.2 Å². The number of methoxy groups -OCH3 is 1. The van der Waals surface area contributed by atoms with Gasteiger partial charge in [-0.1, -0.05) is 12.1 Å². The van der Waals surface area contributed by atoms with E-state index in [2.05, 4.69) is 14.9 Å². The Labute approximate surface area is 92.9 Å². The van der Waals surface area contributed by atoms with Gasteiger partial charge in [0.2, 0.25) is 0 Å². The van der Waals surface area contributed by atoms with Crippen LogP contribution in [-0.4, -0.2) is 23.3 Å². The van der Waals surface area contributed by atoms with Gasteiger partial charge in [0, 0.05) is 11.8 Å². The maximum atomic E-state index is 11.3. The molecule has 0 N–H and O–H groups in total. The maximum Gasteiger partial charge on any atom is 0.337 e. The topological polar surface area (TPSA) is 52.1 Å². The highest BCUT2D eigenvalue weighted by Gasteiger charge is 2.06. The molecule has 0 aliphatic rings. The van der Waals surface area contributed by atoms with E-state index in [1.165, 1.54) is 7.11 Å². The van der Waals surface area contributed by atoms with Crippen molar-refractivity contribution in [2.45, 2.75) is 0 Å². The number of aromatic nitrogens is 2. The van der Waals surface area contributed by atoms with E-state index in [1.807, 2.05) is 12.1 Å². The summed E-state index contributed by atoms with van der Waals surface area (Å²) in [5.41, 5.74) is 2.08. The lowest BCUT2D eigenvalue weighted by molar-refractivity contribution is 0.0601. The van der Waals surface area contributed by atoms with Gasteiger partial charge in [0.1, 0.15) is 0 Å². The predicted octanol–water partition coefficient (Wildman–Crippen LogP) is 1.93. The summed E-state index contributed by atoms with van der Waals surface area (Å²) in [5, 5.41) is 7.76. The summed E-state index contributed by atoms with van der Waals surface area (Å²) < 4.78 is 4.65. The number of benzene rings is 1. The summed E-state index contributed by atoms with van der Waals surface area (Å²) in [7, 11) is 1.36. The quantitative estimate of drug-likeness (QED) is 0.717. The van der Waals surface area contributed by atoms with Crippen molar-refractivity contribution in [2.75, 3.05) is 7.11 Å². The van der Waals surface area contributed by atoms with E-state index in [-0.39, 0.29) is 5.97 Å². The first-order valence-corrected chi connectivity index (χ1v) is 4.78. The normalized spacial score (nSPS) is 9.81. The van der Waals surface area contributed by atoms with E-state index >= 15 is 0 Å². The minimum atomic E-state index is -0.356. The van der Waals surface area contributed by atoms with Gasteiger partial charge in [0.25, 0.3) is 0 Å². The van der Waals surface area contributed by atoms with E-state index in [0.29, 0.717) is 5.56 Å². The summed E-state index contributed by atoms with van der Waals surface area (Å²) in [5.74, 6) is -0.356. The molecule has 0 bridgehead atoms. The average Bonchev–Trinajstić information content (AvgIpc) is 2.39. The first kappa shape index (κ1) is 10.3. The fourth-order valence-electron chi connectivity index (χ4n) is 1.38. The molecule has 4 heteroatoms. The van der Waals surface area contributed by atoms with Crippen LogP contribution in [0.2, 0.25) is 0 Å². The zero-order valence-corrected chi connectivity index (χ0v) is 8.75. The molecule has 16 heavy (non-hydrogen) atoms. The summed E-state index contributed by atoms with van der Waals surface area (Å²) in [4.78, 5) is 11.3. The van der Waals surface area contributed by atoms with Gasteiger partial charge in [-0.25, -0.2) is 4.79 Å². The Balaban J connectivity index is 2.40. The van der Waals surface area contributed by atoms with Gasteiger partial charge < -0.3 is 4.74 Å². The molecule has 0 radical (unpaired) electrons. The molecule has 2 rings (SSSR count). The van der Waals surface area contributed by atoms with E-state index in [4.69, 9.17) is 0 Å². The lowest BCUT2D eigenvalue weighted by atomic mass is 10.1. The molecule has 4 nitrogen and oxygen atoms in total. The molecule has 0 saturated heterocycles. The van der Waals surface area contributed by atoms with Gasteiger partial charge in [-0.3, -0.25) is 0 Å². The van der Waals surface area contributed by atoms with Crippen molar-refractivity contribution >= 4 is 5.97 Å². The number of carbonyl (C=O) groups excluding carboxylic acids is 1. The molecule has 80 valence electrons. The van der Waals surface area contributed by atoms with Crippen molar-refractivity contribution in [3.63, 3.8) is 0 Å². The first-order valence-electron chi connectivity index (χ1n) is 4.78. The average molecular weight is 214 g/mol. The van der Waals surface area contributed by atoms with Gasteiger partial charge in [-0.15, -0.1) is 0 Å². The number of rotatable bonds is 2. The Kier molecular flexibility index (Phi) is 2.91. The monoisotopic (exact) mass is 214 g/mol. The highest BCUT2D eigenvalue weighted by molar-refractivity contribution is 5.90. The zero-order valence-electron chi connectivity index (χ0n) is 8.75. The van der Waals surface area contributed by atoms with Crippen LogP contribution in [0.1, 0.15) is 10.4 Å². The molecular formula is C12H10N2O2. The van der Waals surface area contributed by atoms with Crippen LogP contribution in [0.4, 0.5) is 0 Å². The van der Waals surface area contributed by atoms with Crippen LogP contribution in [0.15, 0.2) is 42.6 Å².